The highest BCUT2D eigenvalue weighted by atomic mass is 35.5. The maximum atomic E-state index is 13.9. The first-order valence-electron chi connectivity index (χ1n) is 13.8. The summed E-state index contributed by atoms with van der Waals surface area (Å²) in [6, 6.07) is 12.7. The molecular weight excluding hydrogens is 562 g/mol. The molecule has 218 valence electrons. The van der Waals surface area contributed by atoms with E-state index in [9.17, 15) is 18.0 Å². The lowest BCUT2D eigenvalue weighted by molar-refractivity contribution is -0.119. The Labute approximate surface area is 247 Å². The molecule has 0 aromatic heterocycles. The number of Topliss-reactive ketones (excluding diaryl/α,β-unsaturated/α-hetero) is 2. The molecule has 0 saturated heterocycles. The monoisotopic (exact) mass is 597 g/mol. The number of halogens is 1. The van der Waals surface area contributed by atoms with Gasteiger partial charge in [0.05, 0.1) is 11.6 Å². The van der Waals surface area contributed by atoms with Gasteiger partial charge in [-0.25, -0.2) is 0 Å². The van der Waals surface area contributed by atoms with Crippen molar-refractivity contribution in [3.63, 3.8) is 0 Å². The summed E-state index contributed by atoms with van der Waals surface area (Å²) in [5.41, 5.74) is 3.29. The molecule has 0 fully saturated rings. The predicted molar refractivity (Wildman–Crippen MR) is 157 cm³/mol. The minimum Gasteiger partial charge on any atom is -0.383 e. The van der Waals surface area contributed by atoms with Crippen LogP contribution in [0.15, 0.2) is 76.0 Å². The van der Waals surface area contributed by atoms with Gasteiger partial charge in [-0.2, -0.15) is 8.42 Å². The van der Waals surface area contributed by atoms with Gasteiger partial charge in [0.2, 0.25) is 0 Å². The van der Waals surface area contributed by atoms with E-state index in [1.54, 1.807) is 37.4 Å². The Bertz CT molecular complexity index is 1520. The molecular formula is C32H36ClNO6S. The second kappa shape index (κ2) is 10.7. The number of ether oxygens (including phenoxy) is 1. The van der Waals surface area contributed by atoms with Crippen molar-refractivity contribution in [3.05, 3.63) is 81.7 Å². The molecule has 1 heterocycles. The van der Waals surface area contributed by atoms with Crippen LogP contribution in [0.3, 0.4) is 0 Å². The number of allylic oxidation sites excluding steroid dienone is 4. The summed E-state index contributed by atoms with van der Waals surface area (Å²) in [7, 11) is -2.46. The van der Waals surface area contributed by atoms with Crippen molar-refractivity contribution in [3.8, 4) is 5.75 Å². The Kier molecular flexibility index (Phi) is 7.72. The third-order valence-electron chi connectivity index (χ3n) is 8.06. The molecule has 1 aliphatic heterocycles. The van der Waals surface area contributed by atoms with Gasteiger partial charge in [0.15, 0.2) is 17.3 Å². The highest BCUT2D eigenvalue weighted by Crippen LogP contribution is 2.54. The number of ketones is 2. The SMILES string of the molecule is COCCN1C2=C(C(=O)CC(C)(C)C2)C(c2ccc(OS(=O)(=O)c3ccccc3)c(Cl)c2)C2=C1CC(C)(C)CC2=O. The minimum atomic E-state index is -4.10. The third-order valence-corrected chi connectivity index (χ3v) is 9.61. The Morgan fingerprint density at radius 1 is 0.878 bits per heavy atom. The van der Waals surface area contributed by atoms with E-state index in [2.05, 4.69) is 32.6 Å². The predicted octanol–water partition coefficient (Wildman–Crippen LogP) is 6.44. The topological polar surface area (TPSA) is 90.0 Å². The van der Waals surface area contributed by atoms with Gasteiger partial charge in [-0.05, 0) is 53.5 Å². The summed E-state index contributed by atoms with van der Waals surface area (Å²) in [5.74, 6) is -0.595. The van der Waals surface area contributed by atoms with Crippen molar-refractivity contribution >= 4 is 33.3 Å². The fourth-order valence-corrected chi connectivity index (χ4v) is 7.59. The zero-order chi connectivity index (χ0) is 29.7. The molecule has 2 aromatic carbocycles. The summed E-state index contributed by atoms with van der Waals surface area (Å²) in [6.07, 6.45) is 2.11. The molecule has 0 N–H and O–H groups in total. The van der Waals surface area contributed by atoms with E-state index < -0.39 is 16.0 Å². The van der Waals surface area contributed by atoms with Crippen LogP contribution in [-0.2, 0) is 24.4 Å². The molecule has 0 spiro atoms. The average molecular weight is 598 g/mol. The van der Waals surface area contributed by atoms with Crippen LogP contribution in [0.5, 0.6) is 5.75 Å². The van der Waals surface area contributed by atoms with E-state index in [4.69, 9.17) is 20.5 Å². The maximum absolute atomic E-state index is 13.9. The Morgan fingerprint density at radius 2 is 1.44 bits per heavy atom. The first kappa shape index (κ1) is 29.5. The molecule has 0 bridgehead atoms. The lowest BCUT2D eigenvalue weighted by Crippen LogP contribution is -2.45. The van der Waals surface area contributed by atoms with Crippen molar-refractivity contribution in [2.24, 2.45) is 10.8 Å². The number of hydrogen-bond acceptors (Lipinski definition) is 7. The van der Waals surface area contributed by atoms with Gasteiger partial charge in [0.25, 0.3) is 0 Å². The van der Waals surface area contributed by atoms with Gasteiger partial charge in [0, 0.05) is 55.0 Å². The van der Waals surface area contributed by atoms with Crippen LogP contribution in [0.4, 0.5) is 0 Å². The number of benzene rings is 2. The molecule has 5 rings (SSSR count). The van der Waals surface area contributed by atoms with Gasteiger partial charge in [-0.15, -0.1) is 0 Å². The molecule has 7 nitrogen and oxygen atoms in total. The van der Waals surface area contributed by atoms with Crippen LogP contribution in [0, 0.1) is 10.8 Å². The van der Waals surface area contributed by atoms with E-state index in [-0.39, 0.29) is 38.1 Å². The Morgan fingerprint density at radius 3 is 1.95 bits per heavy atom. The summed E-state index contributed by atoms with van der Waals surface area (Å²) >= 11 is 6.63. The fourth-order valence-electron chi connectivity index (χ4n) is 6.35. The molecule has 9 heteroatoms. The molecule has 0 atom stereocenters. The van der Waals surface area contributed by atoms with Crippen LogP contribution in [0.1, 0.15) is 64.9 Å². The lowest BCUT2D eigenvalue weighted by Gasteiger charge is -2.49. The summed E-state index contributed by atoms with van der Waals surface area (Å²) in [6.45, 7) is 9.36. The number of hydrogen-bond donors (Lipinski definition) is 0. The summed E-state index contributed by atoms with van der Waals surface area (Å²) < 4.78 is 36.5. The largest absolute Gasteiger partial charge is 0.383 e. The highest BCUT2D eigenvalue weighted by Gasteiger charge is 2.49. The smallest absolute Gasteiger partial charge is 0.339 e. The van der Waals surface area contributed by atoms with Crippen molar-refractivity contribution in [2.75, 3.05) is 20.3 Å². The normalized spacial score (nSPS) is 20.7. The molecule has 2 aliphatic carbocycles. The molecule has 0 radical (unpaired) electrons. The Balaban J connectivity index is 1.64. The second-order valence-electron chi connectivity index (χ2n) is 12.7. The molecule has 2 aromatic rings. The molecule has 0 saturated carbocycles. The van der Waals surface area contributed by atoms with Crippen LogP contribution in [-0.4, -0.2) is 45.1 Å². The van der Waals surface area contributed by atoms with Crippen LogP contribution >= 0.6 is 11.6 Å². The summed E-state index contributed by atoms with van der Waals surface area (Å²) in [5, 5.41) is 0.0836. The summed E-state index contributed by atoms with van der Waals surface area (Å²) in [4.78, 5) is 29.9. The number of nitrogens with zero attached hydrogens (tertiary/aromatic N) is 1. The van der Waals surface area contributed by atoms with Crippen molar-refractivity contribution in [1.29, 1.82) is 0 Å². The van der Waals surface area contributed by atoms with Crippen LogP contribution in [0.2, 0.25) is 5.02 Å². The fraction of sp³-hybridized carbons (Fsp3) is 0.438. The number of carbonyl (C=O) groups is 2. The van der Waals surface area contributed by atoms with Crippen LogP contribution in [0.25, 0.3) is 0 Å². The van der Waals surface area contributed by atoms with E-state index in [1.165, 1.54) is 18.2 Å². The molecule has 41 heavy (non-hydrogen) atoms. The first-order chi connectivity index (χ1) is 19.2. The standard InChI is InChI=1S/C32H36ClNO6S/c1-31(2)16-23-29(25(35)18-31)28(30-24(34(23)13-14-39-5)17-32(3,4)19-26(30)36)20-11-12-27(22(33)15-20)40-41(37,38)21-9-7-6-8-10-21/h6-12,15,28H,13-14,16-19H2,1-5H3. The van der Waals surface area contributed by atoms with E-state index in [0.717, 1.165) is 11.4 Å². The van der Waals surface area contributed by atoms with Gasteiger partial charge < -0.3 is 13.8 Å². The van der Waals surface area contributed by atoms with Crippen molar-refractivity contribution in [1.82, 2.24) is 4.90 Å². The maximum Gasteiger partial charge on any atom is 0.339 e. The van der Waals surface area contributed by atoms with Crippen molar-refractivity contribution in [2.45, 2.75) is 64.2 Å². The second-order valence-corrected chi connectivity index (χ2v) is 14.7. The quantitative estimate of drug-likeness (QED) is 0.339. The minimum absolute atomic E-state index is 0.0101. The zero-order valence-corrected chi connectivity index (χ0v) is 25.7. The van der Waals surface area contributed by atoms with Gasteiger partial charge in [-0.1, -0.05) is 63.6 Å². The molecule has 0 unspecified atom stereocenters. The lowest BCUT2D eigenvalue weighted by atomic mass is 9.63. The molecule has 3 aliphatic rings. The first-order valence-corrected chi connectivity index (χ1v) is 15.6. The average Bonchev–Trinajstić information content (AvgIpc) is 2.87. The van der Waals surface area contributed by atoms with Gasteiger partial charge in [-0.3, -0.25) is 9.59 Å². The van der Waals surface area contributed by atoms with Crippen LogP contribution < -0.4 is 4.18 Å². The Hall–Kier alpha value is -2.94. The number of methoxy groups -OCH3 is 1. The van der Waals surface area contributed by atoms with Gasteiger partial charge >= 0.3 is 10.1 Å². The van der Waals surface area contributed by atoms with Crippen molar-refractivity contribution < 1.29 is 26.9 Å². The van der Waals surface area contributed by atoms with E-state index in [1.807, 2.05) is 0 Å². The highest BCUT2D eigenvalue weighted by molar-refractivity contribution is 7.87. The zero-order valence-electron chi connectivity index (χ0n) is 24.1. The van der Waals surface area contributed by atoms with E-state index >= 15 is 0 Å². The number of rotatable bonds is 7. The third kappa shape index (κ3) is 5.74. The van der Waals surface area contributed by atoms with Gasteiger partial charge in [0.1, 0.15) is 4.90 Å². The number of carbonyl (C=O) groups excluding carboxylic acids is 2. The van der Waals surface area contributed by atoms with E-state index in [0.29, 0.717) is 55.5 Å². The molecule has 0 amide bonds.